The van der Waals surface area contributed by atoms with Crippen molar-refractivity contribution in [1.82, 2.24) is 14.9 Å². The minimum atomic E-state index is -0.997. The first-order valence-corrected chi connectivity index (χ1v) is 9.57. The van der Waals surface area contributed by atoms with E-state index in [1.54, 1.807) is 30.6 Å². The van der Waals surface area contributed by atoms with E-state index in [0.29, 0.717) is 31.3 Å². The van der Waals surface area contributed by atoms with Crippen molar-refractivity contribution in [2.24, 2.45) is 5.92 Å². The molecule has 0 radical (unpaired) electrons. The van der Waals surface area contributed by atoms with E-state index in [4.69, 9.17) is 0 Å². The monoisotopic (exact) mass is 399 g/mol. The third-order valence-electron chi connectivity index (χ3n) is 4.81. The zero-order valence-corrected chi connectivity index (χ0v) is 16.1. The highest BCUT2D eigenvalue weighted by molar-refractivity contribution is 5.93. The van der Waals surface area contributed by atoms with Gasteiger partial charge in [-0.25, -0.2) is 9.97 Å². The number of nitrogens with zero attached hydrogens (tertiary/aromatic N) is 4. The quantitative estimate of drug-likeness (QED) is 0.640. The number of carbonyl (C=O) groups is 2. The minimum Gasteiger partial charge on any atom is -0.508 e. The number of hydrogen-bond donors (Lipinski definition) is 3. The molecule has 1 fully saturated rings. The fraction of sp³-hybridized carbons (Fsp3) is 0.400. The van der Waals surface area contributed by atoms with Gasteiger partial charge in [0, 0.05) is 56.7 Å². The van der Waals surface area contributed by atoms with Crippen LogP contribution in [0.5, 0.6) is 5.75 Å². The number of carbonyl (C=O) groups excluding carboxylic acids is 1. The standard InChI is InChI=1S/C20H25N5O4/c26-17-5-1-4-16(13-17)23-18(27)12-15(19(28)29)14-24-8-3-9-25(11-10-24)20-21-6-2-7-22-20/h1-2,4-7,13,15,26H,3,8-12,14H2,(H,23,27)(H,28,29)/t15-/m1/s1. The number of anilines is 2. The first-order chi connectivity index (χ1) is 14.0. The lowest BCUT2D eigenvalue weighted by molar-refractivity contribution is -0.144. The highest BCUT2D eigenvalue weighted by Gasteiger charge is 2.26. The van der Waals surface area contributed by atoms with Gasteiger partial charge in [0.1, 0.15) is 5.75 Å². The second-order valence-electron chi connectivity index (χ2n) is 7.03. The number of aromatic nitrogens is 2. The Kier molecular flexibility index (Phi) is 6.96. The van der Waals surface area contributed by atoms with E-state index < -0.39 is 17.8 Å². The largest absolute Gasteiger partial charge is 0.508 e. The second-order valence-corrected chi connectivity index (χ2v) is 7.03. The number of phenolic OH excluding ortho intramolecular Hbond substituents is 1. The van der Waals surface area contributed by atoms with Crippen molar-refractivity contribution in [3.05, 3.63) is 42.7 Å². The Morgan fingerprint density at radius 2 is 1.90 bits per heavy atom. The number of hydrogen-bond acceptors (Lipinski definition) is 7. The summed E-state index contributed by atoms with van der Waals surface area (Å²) in [4.78, 5) is 36.7. The topological polar surface area (TPSA) is 119 Å². The van der Waals surface area contributed by atoms with Gasteiger partial charge in [0.25, 0.3) is 0 Å². The lowest BCUT2D eigenvalue weighted by Gasteiger charge is -2.24. The predicted octanol–water partition coefficient (Wildman–Crippen LogP) is 1.42. The van der Waals surface area contributed by atoms with Crippen LogP contribution in [0.15, 0.2) is 42.7 Å². The molecule has 3 N–H and O–H groups in total. The molecular formula is C20H25N5O4. The summed E-state index contributed by atoms with van der Waals surface area (Å²) in [7, 11) is 0. The van der Waals surface area contributed by atoms with Crippen LogP contribution in [0.2, 0.25) is 0 Å². The SMILES string of the molecule is O=C(C[C@H](CN1CCCN(c2ncccn2)CC1)C(=O)O)Nc1cccc(O)c1. The van der Waals surface area contributed by atoms with Crippen molar-refractivity contribution in [1.29, 1.82) is 0 Å². The minimum absolute atomic E-state index is 0.0362. The molecule has 154 valence electrons. The number of rotatable bonds is 7. The van der Waals surface area contributed by atoms with Gasteiger partial charge in [-0.2, -0.15) is 0 Å². The van der Waals surface area contributed by atoms with E-state index in [1.165, 1.54) is 12.1 Å². The van der Waals surface area contributed by atoms with Crippen LogP contribution in [0.25, 0.3) is 0 Å². The summed E-state index contributed by atoms with van der Waals surface area (Å²) in [5.41, 5.74) is 0.437. The Labute approximate surface area is 169 Å². The van der Waals surface area contributed by atoms with Crippen LogP contribution in [-0.2, 0) is 9.59 Å². The molecule has 2 aromatic rings. The highest BCUT2D eigenvalue weighted by Crippen LogP contribution is 2.17. The Balaban J connectivity index is 1.54. The molecule has 1 aliphatic rings. The van der Waals surface area contributed by atoms with Gasteiger partial charge < -0.3 is 25.3 Å². The third kappa shape index (κ3) is 6.15. The zero-order valence-electron chi connectivity index (χ0n) is 16.1. The number of phenols is 1. The molecule has 9 heteroatoms. The molecule has 1 saturated heterocycles. The van der Waals surface area contributed by atoms with E-state index >= 15 is 0 Å². The van der Waals surface area contributed by atoms with Gasteiger partial charge in [-0.15, -0.1) is 0 Å². The molecule has 2 heterocycles. The van der Waals surface area contributed by atoms with Crippen molar-refractivity contribution in [3.63, 3.8) is 0 Å². The zero-order chi connectivity index (χ0) is 20.6. The maximum absolute atomic E-state index is 12.3. The van der Waals surface area contributed by atoms with Gasteiger partial charge in [0.2, 0.25) is 11.9 Å². The second kappa shape index (κ2) is 9.83. The van der Waals surface area contributed by atoms with Gasteiger partial charge in [-0.05, 0) is 31.2 Å². The van der Waals surface area contributed by atoms with Crippen molar-refractivity contribution >= 4 is 23.5 Å². The Morgan fingerprint density at radius 3 is 2.62 bits per heavy atom. The number of benzene rings is 1. The molecule has 0 unspecified atom stereocenters. The first kappa shape index (κ1) is 20.5. The van der Waals surface area contributed by atoms with E-state index in [1.807, 2.05) is 0 Å². The van der Waals surface area contributed by atoms with E-state index in [2.05, 4.69) is 25.1 Å². The highest BCUT2D eigenvalue weighted by atomic mass is 16.4. The average molecular weight is 399 g/mol. The predicted molar refractivity (Wildman–Crippen MR) is 108 cm³/mol. The summed E-state index contributed by atoms with van der Waals surface area (Å²) in [5.74, 6) is -1.49. The maximum atomic E-state index is 12.3. The number of nitrogens with one attached hydrogen (secondary N) is 1. The molecule has 0 saturated carbocycles. The van der Waals surface area contributed by atoms with Gasteiger partial charge >= 0.3 is 5.97 Å². The number of carboxylic acid groups (broad SMARTS) is 1. The normalized spacial score (nSPS) is 16.1. The molecule has 1 atom stereocenters. The molecule has 9 nitrogen and oxygen atoms in total. The van der Waals surface area contributed by atoms with Crippen LogP contribution in [0.1, 0.15) is 12.8 Å². The molecule has 0 bridgehead atoms. The fourth-order valence-corrected chi connectivity index (χ4v) is 3.37. The molecule has 29 heavy (non-hydrogen) atoms. The summed E-state index contributed by atoms with van der Waals surface area (Å²) in [6, 6.07) is 7.94. The Bertz CT molecular complexity index is 833. The van der Waals surface area contributed by atoms with E-state index in [9.17, 15) is 19.8 Å². The van der Waals surface area contributed by atoms with Crippen LogP contribution < -0.4 is 10.2 Å². The third-order valence-corrected chi connectivity index (χ3v) is 4.81. The summed E-state index contributed by atoms with van der Waals surface area (Å²) < 4.78 is 0. The molecule has 1 aromatic carbocycles. The summed E-state index contributed by atoms with van der Waals surface area (Å²) in [5, 5.41) is 21.7. The van der Waals surface area contributed by atoms with Crippen LogP contribution >= 0.6 is 0 Å². The lowest BCUT2D eigenvalue weighted by Crippen LogP contribution is -2.38. The Morgan fingerprint density at radius 1 is 1.10 bits per heavy atom. The fourth-order valence-electron chi connectivity index (χ4n) is 3.37. The van der Waals surface area contributed by atoms with Gasteiger partial charge in [-0.3, -0.25) is 9.59 Å². The molecule has 1 amide bonds. The van der Waals surface area contributed by atoms with Crippen LogP contribution in [-0.4, -0.2) is 69.7 Å². The summed E-state index contributed by atoms with van der Waals surface area (Å²) >= 11 is 0. The molecular weight excluding hydrogens is 374 g/mol. The van der Waals surface area contributed by atoms with E-state index in [0.717, 1.165) is 19.5 Å². The van der Waals surface area contributed by atoms with Crippen molar-refractivity contribution < 1.29 is 19.8 Å². The van der Waals surface area contributed by atoms with Gasteiger partial charge in [0.05, 0.1) is 5.92 Å². The van der Waals surface area contributed by atoms with Crippen LogP contribution in [0, 0.1) is 5.92 Å². The molecule has 0 aliphatic carbocycles. The lowest BCUT2D eigenvalue weighted by atomic mass is 10.0. The molecule has 1 aliphatic heterocycles. The average Bonchev–Trinajstić information content (AvgIpc) is 2.94. The smallest absolute Gasteiger partial charge is 0.308 e. The summed E-state index contributed by atoms with van der Waals surface area (Å²) in [6.45, 7) is 3.23. The number of carboxylic acids is 1. The Hall–Kier alpha value is -3.20. The van der Waals surface area contributed by atoms with E-state index in [-0.39, 0.29) is 12.2 Å². The number of amides is 1. The van der Waals surface area contributed by atoms with Crippen molar-refractivity contribution in [3.8, 4) is 5.75 Å². The maximum Gasteiger partial charge on any atom is 0.308 e. The number of aromatic hydroxyl groups is 1. The van der Waals surface area contributed by atoms with Crippen molar-refractivity contribution in [2.75, 3.05) is 42.9 Å². The molecule has 3 rings (SSSR count). The molecule has 1 aromatic heterocycles. The van der Waals surface area contributed by atoms with Gasteiger partial charge in [0.15, 0.2) is 0 Å². The van der Waals surface area contributed by atoms with Crippen molar-refractivity contribution in [2.45, 2.75) is 12.8 Å². The first-order valence-electron chi connectivity index (χ1n) is 9.57. The molecule has 0 spiro atoms. The number of aliphatic carboxylic acids is 1. The summed E-state index contributed by atoms with van der Waals surface area (Å²) in [6.07, 6.45) is 4.14. The van der Waals surface area contributed by atoms with Gasteiger partial charge in [-0.1, -0.05) is 6.07 Å². The van der Waals surface area contributed by atoms with Crippen LogP contribution in [0.3, 0.4) is 0 Å². The van der Waals surface area contributed by atoms with Crippen LogP contribution in [0.4, 0.5) is 11.6 Å².